The maximum atomic E-state index is 3.65. The van der Waals surface area contributed by atoms with Gasteiger partial charge in [0.05, 0.1) is 0 Å². The normalized spacial score (nSPS) is 24.8. The first kappa shape index (κ1) is 13.6. The third-order valence-corrected chi connectivity index (χ3v) is 4.13. The largest absolute Gasteiger partial charge is 0.314 e. The average molecular weight is 245 g/mol. The smallest absolute Gasteiger partial charge is 0.00696 e. The molecule has 1 nitrogen and oxygen atoms in total. The van der Waals surface area contributed by atoms with Gasteiger partial charge in [0, 0.05) is 6.04 Å². The predicted octanol–water partition coefficient (Wildman–Crippen LogP) is 4.10. The Hall–Kier alpha value is -0.820. The monoisotopic (exact) mass is 245 g/mol. The van der Waals surface area contributed by atoms with E-state index in [1.807, 2.05) is 0 Å². The minimum atomic E-state index is 0.757. The van der Waals surface area contributed by atoms with Crippen LogP contribution in [0.4, 0.5) is 0 Å². The minimum Gasteiger partial charge on any atom is -0.314 e. The van der Waals surface area contributed by atoms with E-state index in [2.05, 4.69) is 43.4 Å². The summed E-state index contributed by atoms with van der Waals surface area (Å²) in [6.07, 6.45) is 8.24. The molecule has 0 aliphatic heterocycles. The molecule has 100 valence electrons. The highest BCUT2D eigenvalue weighted by Crippen LogP contribution is 2.26. The van der Waals surface area contributed by atoms with Crippen LogP contribution in [0.5, 0.6) is 0 Å². The number of aryl methyl sites for hydroxylation is 1. The molecule has 18 heavy (non-hydrogen) atoms. The van der Waals surface area contributed by atoms with Crippen LogP contribution in [0.1, 0.15) is 50.2 Å². The summed E-state index contributed by atoms with van der Waals surface area (Å²) in [5, 5.41) is 3.65. The molecule has 1 heteroatoms. The van der Waals surface area contributed by atoms with E-state index in [1.165, 1.54) is 49.7 Å². The van der Waals surface area contributed by atoms with Crippen LogP contribution in [0.2, 0.25) is 0 Å². The van der Waals surface area contributed by atoms with Crippen molar-refractivity contribution in [3.63, 3.8) is 0 Å². The van der Waals surface area contributed by atoms with E-state index >= 15 is 0 Å². The predicted molar refractivity (Wildman–Crippen MR) is 78.9 cm³/mol. The SMILES string of the molecule is CCNC1CCCCC(Cc2cccc(C)c2)C1. The van der Waals surface area contributed by atoms with E-state index in [0.717, 1.165) is 18.5 Å². The Balaban J connectivity index is 1.94. The van der Waals surface area contributed by atoms with Gasteiger partial charge in [-0.05, 0) is 44.2 Å². The van der Waals surface area contributed by atoms with Crippen LogP contribution in [0, 0.1) is 12.8 Å². The van der Waals surface area contributed by atoms with Gasteiger partial charge in [-0.2, -0.15) is 0 Å². The molecule has 0 radical (unpaired) electrons. The molecule has 1 aliphatic rings. The first-order valence-electron chi connectivity index (χ1n) is 7.57. The summed E-state index contributed by atoms with van der Waals surface area (Å²) in [6.45, 7) is 5.53. The summed E-state index contributed by atoms with van der Waals surface area (Å²) in [4.78, 5) is 0. The second kappa shape index (κ2) is 6.94. The van der Waals surface area contributed by atoms with Crippen LogP contribution in [0.3, 0.4) is 0 Å². The van der Waals surface area contributed by atoms with Gasteiger partial charge in [-0.25, -0.2) is 0 Å². The van der Waals surface area contributed by atoms with E-state index in [4.69, 9.17) is 0 Å². The molecule has 1 saturated carbocycles. The summed E-state index contributed by atoms with van der Waals surface area (Å²) in [7, 11) is 0. The Morgan fingerprint density at radius 1 is 1.22 bits per heavy atom. The molecule has 2 unspecified atom stereocenters. The molecule has 0 amide bonds. The molecular weight excluding hydrogens is 218 g/mol. The van der Waals surface area contributed by atoms with E-state index in [-0.39, 0.29) is 0 Å². The summed E-state index contributed by atoms with van der Waals surface area (Å²) in [5.74, 6) is 0.873. The number of hydrogen-bond acceptors (Lipinski definition) is 1. The fourth-order valence-electron chi connectivity index (χ4n) is 3.29. The quantitative estimate of drug-likeness (QED) is 0.788. The highest BCUT2D eigenvalue weighted by atomic mass is 14.9. The van der Waals surface area contributed by atoms with Crippen molar-refractivity contribution in [3.05, 3.63) is 35.4 Å². The standard InChI is InChI=1S/C17H27N/c1-3-18-17-10-5-4-8-16(13-17)12-15-9-6-7-14(2)11-15/h6-7,9,11,16-18H,3-5,8,10,12-13H2,1-2H3. The molecule has 0 spiro atoms. The van der Waals surface area contributed by atoms with E-state index < -0.39 is 0 Å². The van der Waals surface area contributed by atoms with Crippen molar-refractivity contribution < 1.29 is 0 Å². The molecule has 1 N–H and O–H groups in total. The lowest BCUT2D eigenvalue weighted by atomic mass is 9.90. The van der Waals surface area contributed by atoms with Gasteiger partial charge in [-0.15, -0.1) is 0 Å². The number of benzene rings is 1. The molecule has 1 aromatic carbocycles. The van der Waals surface area contributed by atoms with Crippen LogP contribution in [0.25, 0.3) is 0 Å². The minimum absolute atomic E-state index is 0.757. The molecule has 1 fully saturated rings. The van der Waals surface area contributed by atoms with Crippen molar-refractivity contribution in [2.45, 2.75) is 58.4 Å². The number of hydrogen-bond donors (Lipinski definition) is 1. The molecule has 0 saturated heterocycles. The van der Waals surface area contributed by atoms with Crippen molar-refractivity contribution in [2.75, 3.05) is 6.54 Å². The molecule has 2 atom stereocenters. The van der Waals surface area contributed by atoms with Gasteiger partial charge in [-0.1, -0.05) is 56.0 Å². The zero-order valence-electron chi connectivity index (χ0n) is 11.9. The van der Waals surface area contributed by atoms with Gasteiger partial charge in [-0.3, -0.25) is 0 Å². The average Bonchev–Trinajstić information content (AvgIpc) is 2.55. The Bertz CT molecular complexity index is 358. The van der Waals surface area contributed by atoms with Gasteiger partial charge < -0.3 is 5.32 Å². The molecule has 1 aromatic rings. The zero-order valence-corrected chi connectivity index (χ0v) is 11.9. The Kier molecular flexibility index (Phi) is 5.25. The van der Waals surface area contributed by atoms with Crippen molar-refractivity contribution in [3.8, 4) is 0 Å². The van der Waals surface area contributed by atoms with Crippen LogP contribution >= 0.6 is 0 Å². The summed E-state index contributed by atoms with van der Waals surface area (Å²) < 4.78 is 0. The number of rotatable bonds is 4. The van der Waals surface area contributed by atoms with E-state index in [0.29, 0.717) is 0 Å². The van der Waals surface area contributed by atoms with Gasteiger partial charge in [0.25, 0.3) is 0 Å². The van der Waals surface area contributed by atoms with Crippen LogP contribution in [0.15, 0.2) is 24.3 Å². The fourth-order valence-corrected chi connectivity index (χ4v) is 3.29. The lowest BCUT2D eigenvalue weighted by molar-refractivity contribution is 0.389. The Labute approximate surface area is 112 Å². The molecular formula is C17H27N. The highest BCUT2D eigenvalue weighted by Gasteiger charge is 2.19. The number of nitrogens with one attached hydrogen (secondary N) is 1. The van der Waals surface area contributed by atoms with Gasteiger partial charge in [0.2, 0.25) is 0 Å². The fraction of sp³-hybridized carbons (Fsp3) is 0.647. The van der Waals surface area contributed by atoms with Crippen LogP contribution < -0.4 is 5.32 Å². The molecule has 0 heterocycles. The van der Waals surface area contributed by atoms with Crippen molar-refractivity contribution >= 4 is 0 Å². The summed E-state index contributed by atoms with van der Waals surface area (Å²) in [5.41, 5.74) is 2.92. The van der Waals surface area contributed by atoms with Gasteiger partial charge in [0.15, 0.2) is 0 Å². The van der Waals surface area contributed by atoms with E-state index in [9.17, 15) is 0 Å². The van der Waals surface area contributed by atoms with Crippen LogP contribution in [-0.4, -0.2) is 12.6 Å². The van der Waals surface area contributed by atoms with Gasteiger partial charge in [0.1, 0.15) is 0 Å². The second-order valence-electron chi connectivity index (χ2n) is 5.83. The Morgan fingerprint density at radius 2 is 2.06 bits per heavy atom. The van der Waals surface area contributed by atoms with E-state index in [1.54, 1.807) is 0 Å². The summed E-state index contributed by atoms with van der Waals surface area (Å²) >= 11 is 0. The van der Waals surface area contributed by atoms with Crippen molar-refractivity contribution in [1.82, 2.24) is 5.32 Å². The lowest BCUT2D eigenvalue weighted by Crippen LogP contribution is -2.30. The lowest BCUT2D eigenvalue weighted by Gasteiger charge is -2.21. The molecule has 0 aromatic heterocycles. The zero-order chi connectivity index (χ0) is 12.8. The third kappa shape index (κ3) is 4.13. The van der Waals surface area contributed by atoms with Crippen molar-refractivity contribution in [2.24, 2.45) is 5.92 Å². The maximum Gasteiger partial charge on any atom is 0.00696 e. The second-order valence-corrected chi connectivity index (χ2v) is 5.83. The third-order valence-electron chi connectivity index (χ3n) is 4.13. The topological polar surface area (TPSA) is 12.0 Å². The maximum absolute atomic E-state index is 3.65. The highest BCUT2D eigenvalue weighted by molar-refractivity contribution is 5.22. The first-order chi connectivity index (χ1) is 8.78. The van der Waals surface area contributed by atoms with Crippen molar-refractivity contribution in [1.29, 1.82) is 0 Å². The summed E-state index contributed by atoms with van der Waals surface area (Å²) in [6, 6.07) is 9.79. The molecule has 1 aliphatic carbocycles. The molecule has 2 rings (SSSR count). The first-order valence-corrected chi connectivity index (χ1v) is 7.57. The molecule has 0 bridgehead atoms. The van der Waals surface area contributed by atoms with Crippen LogP contribution in [-0.2, 0) is 6.42 Å². The van der Waals surface area contributed by atoms with Gasteiger partial charge >= 0.3 is 0 Å². The Morgan fingerprint density at radius 3 is 2.83 bits per heavy atom.